The van der Waals surface area contributed by atoms with Crippen molar-refractivity contribution in [3.05, 3.63) is 0 Å². The van der Waals surface area contributed by atoms with E-state index in [9.17, 15) is 0 Å². The second-order valence-electron chi connectivity index (χ2n) is 0.0816. The van der Waals surface area contributed by atoms with Gasteiger partial charge in [-0.15, -0.1) is 0 Å². The Morgan fingerprint density at radius 2 is 0.857 bits per heavy atom. The van der Waals surface area contributed by atoms with E-state index in [1.165, 1.54) is 0 Å². The largest absolute Gasteiger partial charge is 0.412 e. The van der Waals surface area contributed by atoms with Gasteiger partial charge in [0.05, 0.1) is 0 Å². The summed E-state index contributed by atoms with van der Waals surface area (Å²) in [5.41, 5.74) is 0. The van der Waals surface area contributed by atoms with Crippen LogP contribution in [0.25, 0.3) is 0 Å². The fraction of sp³-hybridized carbons (Fsp3) is 0. The quantitative estimate of drug-likeness (QED) is 0.278. The van der Waals surface area contributed by atoms with Crippen LogP contribution in [0.15, 0.2) is 0 Å². The predicted molar refractivity (Wildman–Crippen MR) is 13.6 cm³/mol. The maximum absolute atomic E-state index is 6.62. The van der Waals surface area contributed by atoms with Gasteiger partial charge >= 0.3 is 0 Å². The molecule has 0 fully saturated rings. The maximum Gasteiger partial charge on any atom is 0 e. The molecule has 0 aromatic heterocycles. The summed E-state index contributed by atoms with van der Waals surface area (Å²) in [6.45, 7) is 0. The molecule has 56 valence electrons. The molecule has 0 saturated carbocycles. The van der Waals surface area contributed by atoms with Crippen molar-refractivity contribution in [3.8, 4) is 0 Å². The van der Waals surface area contributed by atoms with Crippen molar-refractivity contribution >= 4 is 0 Å². The first-order chi connectivity index (χ1) is 1.41. The normalized spacial score (nSPS) is 2.57. The fourth-order valence-electron chi connectivity index (χ4n) is 0. The van der Waals surface area contributed by atoms with Gasteiger partial charge in [-0.05, 0) is 0 Å². The first-order valence-electron chi connectivity index (χ1n) is 0.365. The molecule has 0 bridgehead atoms. The molecule has 0 heterocycles. The van der Waals surface area contributed by atoms with Gasteiger partial charge in [-0.3, -0.25) is 0 Å². The van der Waals surface area contributed by atoms with Crippen LogP contribution in [0.2, 0.25) is 0 Å². The zero-order chi connectivity index (χ0) is 2.71. The van der Waals surface area contributed by atoms with Gasteiger partial charge in [0, 0.05) is 33.0 Å². The minimum Gasteiger partial charge on any atom is -0.412 e. The van der Waals surface area contributed by atoms with E-state index in [1.54, 1.807) is 0 Å². The number of hydrogen-bond donors (Lipinski definition) is 2. The van der Waals surface area contributed by atoms with Gasteiger partial charge in [-0.25, -0.2) is 10.5 Å². The van der Waals surface area contributed by atoms with Crippen molar-refractivity contribution < 1.29 is 59.5 Å². The molecule has 6 N–H and O–H groups in total. The maximum atomic E-state index is 6.62. The van der Waals surface area contributed by atoms with Gasteiger partial charge in [-0.2, -0.15) is 0 Å². The molecule has 7 heteroatoms. The van der Waals surface area contributed by atoms with E-state index in [0.717, 1.165) is 0 Å². The number of hydrogen-bond acceptors (Lipinski definition) is 3. The van der Waals surface area contributed by atoms with E-state index in [2.05, 4.69) is 5.04 Å². The van der Waals surface area contributed by atoms with Crippen molar-refractivity contribution in [2.75, 3.05) is 0 Å². The molecule has 0 radical (unpaired) electrons. The minimum absolute atomic E-state index is 0. The van der Waals surface area contributed by atoms with E-state index in [-0.39, 0.29) is 43.9 Å². The van der Waals surface area contributed by atoms with Gasteiger partial charge in [0.15, 0.2) is 0 Å². The average Bonchev–Trinajstić information content (AvgIpc) is 0.918. The molecule has 0 aliphatic heterocycles. The summed E-state index contributed by atoms with van der Waals surface area (Å²) >= 11 is 0. The molecule has 0 aromatic rings. The first kappa shape index (κ1) is 46.2. The molecule has 0 unspecified atom stereocenters. The molecule has 0 saturated heterocycles. The van der Waals surface area contributed by atoms with Crippen LogP contribution in [0.4, 0.5) is 0 Å². The first-order valence-corrected chi connectivity index (χ1v) is 0.365. The summed E-state index contributed by atoms with van der Waals surface area (Å²) in [5.74, 6) is 0. The summed E-state index contributed by atoms with van der Waals surface area (Å²) in [7, 11) is 0. The van der Waals surface area contributed by atoms with Gasteiger partial charge in [0.1, 0.15) is 0 Å². The van der Waals surface area contributed by atoms with Crippen LogP contribution in [-0.4, -0.2) is 21.5 Å². The second kappa shape index (κ2) is 71.2. The van der Waals surface area contributed by atoms with Crippen molar-refractivity contribution in [2.45, 2.75) is 0 Å². The summed E-state index contributed by atoms with van der Waals surface area (Å²) in [4.78, 5) is 0. The van der Waals surface area contributed by atoms with E-state index in [1.807, 2.05) is 0 Å². The van der Waals surface area contributed by atoms with Crippen LogP contribution in [0.1, 0.15) is 0 Å². The predicted octanol–water partition coefficient (Wildman–Crippen LogP) is -1.71. The second-order valence-corrected chi connectivity index (χ2v) is 0.0816. The Kier molecular flexibility index (Phi) is 470. The van der Waals surface area contributed by atoms with E-state index in [4.69, 9.17) is 10.5 Å². The Morgan fingerprint density at radius 3 is 0.857 bits per heavy atom. The number of rotatable bonds is 0. The van der Waals surface area contributed by atoms with Crippen molar-refractivity contribution in [1.29, 1.82) is 0 Å². The monoisotopic (exact) mass is 202 g/mol. The smallest absolute Gasteiger partial charge is 0 e. The SMILES string of the molecule is O.O.OOO.[Ni].[Ni]. The molecule has 0 aromatic carbocycles. The molecule has 0 aliphatic rings. The molecule has 0 atom stereocenters. The average molecular weight is 203 g/mol. The Hall–Kier alpha value is 0.787. The third-order valence-corrected chi connectivity index (χ3v) is 0. The van der Waals surface area contributed by atoms with Crippen LogP contribution < -0.4 is 0 Å². The molecule has 5 nitrogen and oxygen atoms in total. The summed E-state index contributed by atoms with van der Waals surface area (Å²) in [5, 5.41) is 15.5. The third-order valence-electron chi connectivity index (χ3n) is 0. The molecular weight excluding hydrogens is 197 g/mol. The molecule has 0 amide bonds. The summed E-state index contributed by atoms with van der Waals surface area (Å²) in [6.07, 6.45) is 0. The van der Waals surface area contributed by atoms with Crippen LogP contribution >= 0.6 is 0 Å². The van der Waals surface area contributed by atoms with Crippen molar-refractivity contribution in [3.63, 3.8) is 0 Å². The molecule has 0 aliphatic carbocycles. The van der Waals surface area contributed by atoms with Crippen LogP contribution in [0, 0.1) is 0 Å². The molecule has 7 heavy (non-hydrogen) atoms. The fourth-order valence-corrected chi connectivity index (χ4v) is 0. The molecule has 0 spiro atoms. The van der Waals surface area contributed by atoms with Crippen LogP contribution in [0.5, 0.6) is 0 Å². The summed E-state index contributed by atoms with van der Waals surface area (Å²) < 4.78 is 0. The Bertz CT molecular complexity index is 6.04. The van der Waals surface area contributed by atoms with E-state index >= 15 is 0 Å². The Morgan fingerprint density at radius 1 is 0.857 bits per heavy atom. The van der Waals surface area contributed by atoms with Gasteiger partial charge in [-0.1, -0.05) is 5.04 Å². The third kappa shape index (κ3) is 251. The van der Waals surface area contributed by atoms with Crippen molar-refractivity contribution in [2.24, 2.45) is 0 Å². The Balaban J connectivity index is -0.00000000333. The zero-order valence-electron chi connectivity index (χ0n) is 2.94. The molecular formula is H6Ni2O5. The van der Waals surface area contributed by atoms with Gasteiger partial charge < -0.3 is 11.0 Å². The van der Waals surface area contributed by atoms with Crippen LogP contribution in [-0.2, 0) is 38.0 Å². The topological polar surface area (TPSA) is 113 Å². The summed E-state index contributed by atoms with van der Waals surface area (Å²) in [6, 6.07) is 0. The van der Waals surface area contributed by atoms with Gasteiger partial charge in [0.2, 0.25) is 0 Å². The minimum atomic E-state index is 0. The zero-order valence-corrected chi connectivity index (χ0v) is 4.91. The standard InChI is InChI=1S/2Ni.H2O3.2H2O/c;;1-3-2;;/h;;1-2H;2*1H2. The van der Waals surface area contributed by atoms with E-state index in [0.29, 0.717) is 0 Å². The van der Waals surface area contributed by atoms with Crippen molar-refractivity contribution in [1.82, 2.24) is 0 Å². The molecule has 0 rings (SSSR count). The van der Waals surface area contributed by atoms with E-state index < -0.39 is 0 Å². The van der Waals surface area contributed by atoms with Crippen LogP contribution in [0.3, 0.4) is 0 Å². The van der Waals surface area contributed by atoms with Gasteiger partial charge in [0.25, 0.3) is 0 Å². The Labute approximate surface area is 60.0 Å².